The average Bonchev–Trinajstić information content (AvgIpc) is 2.92. The Labute approximate surface area is 158 Å². The van der Waals surface area contributed by atoms with E-state index in [1.54, 1.807) is 25.3 Å². The van der Waals surface area contributed by atoms with Gasteiger partial charge in [0, 0.05) is 0 Å². The van der Waals surface area contributed by atoms with Crippen LogP contribution < -0.4 is 14.8 Å². The summed E-state index contributed by atoms with van der Waals surface area (Å²) in [5, 5.41) is 2.64. The van der Waals surface area contributed by atoms with Gasteiger partial charge in [0.15, 0.2) is 11.5 Å². The summed E-state index contributed by atoms with van der Waals surface area (Å²) in [6.07, 6.45) is 1.63. The first kappa shape index (κ1) is 18.5. The minimum atomic E-state index is -0.426. The Morgan fingerprint density at radius 3 is 2.48 bits per heavy atom. The van der Waals surface area contributed by atoms with Crippen molar-refractivity contribution in [2.75, 3.05) is 13.7 Å². The molecule has 2 aromatic carbocycles. The molecule has 0 bridgehead atoms. The van der Waals surface area contributed by atoms with Crippen molar-refractivity contribution >= 4 is 18.0 Å². The van der Waals surface area contributed by atoms with Crippen molar-refractivity contribution in [3.05, 3.63) is 64.9 Å². The number of hydrogen-bond donors (Lipinski definition) is 1. The maximum Gasteiger partial charge on any atom is 0.329 e. The lowest BCUT2D eigenvalue weighted by Gasteiger charge is -2.12. The predicted octanol–water partition coefficient (Wildman–Crippen LogP) is 3.50. The monoisotopic (exact) mass is 366 g/mol. The van der Waals surface area contributed by atoms with Crippen molar-refractivity contribution in [2.45, 2.75) is 20.4 Å². The minimum Gasteiger partial charge on any atom is -0.493 e. The van der Waals surface area contributed by atoms with E-state index in [9.17, 15) is 9.59 Å². The molecular weight excluding hydrogens is 344 g/mol. The predicted molar refractivity (Wildman–Crippen MR) is 102 cm³/mol. The number of carbonyl (C=O) groups excluding carboxylic acids is 2. The summed E-state index contributed by atoms with van der Waals surface area (Å²) in [5.41, 5.74) is 2.99. The molecular formula is C21H22N2O4. The molecule has 0 spiro atoms. The van der Waals surface area contributed by atoms with Gasteiger partial charge in [0.2, 0.25) is 0 Å². The van der Waals surface area contributed by atoms with Crippen LogP contribution in [0.4, 0.5) is 4.79 Å². The van der Waals surface area contributed by atoms with Crippen molar-refractivity contribution in [3.8, 4) is 11.5 Å². The number of rotatable bonds is 6. The van der Waals surface area contributed by atoms with E-state index in [0.717, 1.165) is 16.7 Å². The number of amides is 3. The van der Waals surface area contributed by atoms with E-state index in [1.807, 2.05) is 44.2 Å². The highest BCUT2D eigenvalue weighted by Crippen LogP contribution is 2.29. The zero-order valence-electron chi connectivity index (χ0n) is 15.6. The van der Waals surface area contributed by atoms with Crippen LogP contribution in [0.15, 0.2) is 48.2 Å². The highest BCUT2D eigenvalue weighted by molar-refractivity contribution is 6.13. The summed E-state index contributed by atoms with van der Waals surface area (Å²) in [5.74, 6) is 0.845. The van der Waals surface area contributed by atoms with E-state index in [2.05, 4.69) is 5.32 Å². The highest BCUT2D eigenvalue weighted by Gasteiger charge is 2.33. The van der Waals surface area contributed by atoms with Crippen LogP contribution in [0.2, 0.25) is 0 Å². The van der Waals surface area contributed by atoms with Crippen molar-refractivity contribution in [3.63, 3.8) is 0 Å². The molecule has 0 radical (unpaired) electrons. The smallest absolute Gasteiger partial charge is 0.329 e. The Kier molecular flexibility index (Phi) is 5.45. The van der Waals surface area contributed by atoms with Gasteiger partial charge in [-0.1, -0.05) is 35.9 Å². The Bertz CT molecular complexity index is 888. The second-order valence-corrected chi connectivity index (χ2v) is 6.21. The van der Waals surface area contributed by atoms with Crippen molar-refractivity contribution in [1.29, 1.82) is 0 Å². The standard InChI is InChI=1S/C21H22N2O4/c1-4-27-18-10-9-16(12-19(18)26-3)11-17-20(24)23(21(25)22-17)13-15-7-5-14(2)6-8-15/h5-12H,4,13H2,1-3H3,(H,22,25)/b17-11+. The highest BCUT2D eigenvalue weighted by atomic mass is 16.5. The molecule has 1 heterocycles. The Morgan fingerprint density at radius 2 is 1.81 bits per heavy atom. The van der Waals surface area contributed by atoms with E-state index in [4.69, 9.17) is 9.47 Å². The number of aryl methyl sites for hydroxylation is 1. The number of urea groups is 1. The molecule has 27 heavy (non-hydrogen) atoms. The number of nitrogens with zero attached hydrogens (tertiary/aromatic N) is 1. The van der Waals surface area contributed by atoms with Gasteiger partial charge in [0.25, 0.3) is 5.91 Å². The molecule has 0 saturated carbocycles. The first-order valence-electron chi connectivity index (χ1n) is 8.72. The number of ether oxygens (including phenoxy) is 2. The Morgan fingerprint density at radius 1 is 1.07 bits per heavy atom. The fraction of sp³-hybridized carbons (Fsp3) is 0.238. The molecule has 0 atom stereocenters. The first-order chi connectivity index (χ1) is 13.0. The van der Waals surface area contributed by atoms with E-state index < -0.39 is 6.03 Å². The second kappa shape index (κ2) is 7.95. The van der Waals surface area contributed by atoms with Gasteiger partial charge in [-0.2, -0.15) is 0 Å². The van der Waals surface area contributed by atoms with Crippen LogP contribution in [0.1, 0.15) is 23.6 Å². The number of methoxy groups -OCH3 is 1. The van der Waals surface area contributed by atoms with Gasteiger partial charge in [-0.3, -0.25) is 9.69 Å². The maximum atomic E-state index is 12.6. The number of benzene rings is 2. The van der Waals surface area contributed by atoms with Crippen molar-refractivity contribution < 1.29 is 19.1 Å². The lowest BCUT2D eigenvalue weighted by Crippen LogP contribution is -2.30. The molecule has 1 fully saturated rings. The second-order valence-electron chi connectivity index (χ2n) is 6.21. The SMILES string of the molecule is CCOc1ccc(/C=C2/NC(=O)N(Cc3ccc(C)cc3)C2=O)cc1OC. The van der Waals surface area contributed by atoms with Crippen LogP contribution in [0.5, 0.6) is 11.5 Å². The molecule has 1 N–H and O–H groups in total. The lowest BCUT2D eigenvalue weighted by atomic mass is 10.1. The van der Waals surface area contributed by atoms with Gasteiger partial charge in [-0.15, -0.1) is 0 Å². The van der Waals surface area contributed by atoms with Gasteiger partial charge in [0.05, 0.1) is 20.3 Å². The van der Waals surface area contributed by atoms with E-state index in [0.29, 0.717) is 18.1 Å². The molecule has 1 aliphatic heterocycles. The summed E-state index contributed by atoms with van der Waals surface area (Å²) >= 11 is 0. The molecule has 0 aromatic heterocycles. The van der Waals surface area contributed by atoms with Crippen LogP contribution in [0.25, 0.3) is 6.08 Å². The number of hydrogen-bond acceptors (Lipinski definition) is 4. The quantitative estimate of drug-likeness (QED) is 0.628. The van der Waals surface area contributed by atoms with Gasteiger partial charge in [-0.25, -0.2) is 4.79 Å². The fourth-order valence-corrected chi connectivity index (χ4v) is 2.81. The van der Waals surface area contributed by atoms with Crippen LogP contribution in [-0.4, -0.2) is 30.6 Å². The minimum absolute atomic E-state index is 0.231. The lowest BCUT2D eigenvalue weighted by molar-refractivity contribution is -0.123. The topological polar surface area (TPSA) is 67.9 Å². The summed E-state index contributed by atoms with van der Waals surface area (Å²) in [4.78, 5) is 26.1. The molecule has 1 saturated heterocycles. The van der Waals surface area contributed by atoms with E-state index in [-0.39, 0.29) is 18.1 Å². The van der Waals surface area contributed by atoms with Crippen LogP contribution in [0.3, 0.4) is 0 Å². The summed E-state index contributed by atoms with van der Waals surface area (Å²) in [6.45, 7) is 4.64. The summed E-state index contributed by atoms with van der Waals surface area (Å²) in [6, 6.07) is 12.7. The number of nitrogens with one attached hydrogen (secondary N) is 1. The molecule has 3 rings (SSSR count). The average molecular weight is 366 g/mol. The van der Waals surface area contributed by atoms with Gasteiger partial charge >= 0.3 is 6.03 Å². The third-order valence-corrected chi connectivity index (χ3v) is 4.22. The van der Waals surface area contributed by atoms with Crippen molar-refractivity contribution in [1.82, 2.24) is 10.2 Å². The molecule has 6 heteroatoms. The van der Waals surface area contributed by atoms with Gasteiger partial charge in [-0.05, 0) is 43.2 Å². The maximum absolute atomic E-state index is 12.6. The Hall–Kier alpha value is -3.28. The zero-order valence-corrected chi connectivity index (χ0v) is 15.6. The molecule has 2 aromatic rings. The van der Waals surface area contributed by atoms with Crippen LogP contribution in [0, 0.1) is 6.92 Å². The number of imide groups is 1. The normalized spacial score (nSPS) is 15.2. The summed E-state index contributed by atoms with van der Waals surface area (Å²) < 4.78 is 10.8. The third kappa shape index (κ3) is 4.11. The van der Waals surface area contributed by atoms with Crippen LogP contribution in [-0.2, 0) is 11.3 Å². The third-order valence-electron chi connectivity index (χ3n) is 4.22. The van der Waals surface area contributed by atoms with Gasteiger partial charge < -0.3 is 14.8 Å². The first-order valence-corrected chi connectivity index (χ1v) is 8.72. The number of carbonyl (C=O) groups is 2. The molecule has 1 aliphatic rings. The molecule has 3 amide bonds. The van der Waals surface area contributed by atoms with Crippen LogP contribution >= 0.6 is 0 Å². The zero-order chi connectivity index (χ0) is 19.4. The molecule has 0 unspecified atom stereocenters. The fourth-order valence-electron chi connectivity index (χ4n) is 2.81. The molecule has 0 aliphatic carbocycles. The molecule has 6 nitrogen and oxygen atoms in total. The van der Waals surface area contributed by atoms with E-state index >= 15 is 0 Å². The van der Waals surface area contributed by atoms with Gasteiger partial charge in [0.1, 0.15) is 5.70 Å². The largest absolute Gasteiger partial charge is 0.493 e. The van der Waals surface area contributed by atoms with E-state index in [1.165, 1.54) is 4.90 Å². The van der Waals surface area contributed by atoms with Crippen molar-refractivity contribution in [2.24, 2.45) is 0 Å². The Balaban J connectivity index is 1.80. The summed E-state index contributed by atoms with van der Waals surface area (Å²) in [7, 11) is 1.56. The molecule has 140 valence electrons.